The molecule has 0 spiro atoms. The second-order valence-electron chi connectivity index (χ2n) is 4.94. The Hall–Kier alpha value is -1.78. The summed E-state index contributed by atoms with van der Waals surface area (Å²) in [6.45, 7) is 4.74. The maximum atomic E-state index is 12.3. The van der Waals surface area contributed by atoms with E-state index in [1.807, 2.05) is 19.9 Å². The normalized spacial score (nSPS) is 19.9. The molecular weight excluding hydrogens is 232 g/mol. The van der Waals surface area contributed by atoms with Crippen LogP contribution in [-0.4, -0.2) is 40.0 Å². The van der Waals surface area contributed by atoms with E-state index in [1.165, 1.54) is 0 Å². The van der Waals surface area contributed by atoms with E-state index in [9.17, 15) is 9.59 Å². The van der Waals surface area contributed by atoms with Crippen molar-refractivity contribution in [3.63, 3.8) is 0 Å². The molecular formula is C13H18N2O3. The summed E-state index contributed by atoms with van der Waals surface area (Å²) in [6, 6.07) is 1.92. The number of rotatable bonds is 2. The lowest BCUT2D eigenvalue weighted by molar-refractivity contribution is -0.143. The molecule has 2 heterocycles. The molecule has 0 radical (unpaired) electrons. The second-order valence-corrected chi connectivity index (χ2v) is 4.94. The molecule has 1 aliphatic heterocycles. The predicted molar refractivity (Wildman–Crippen MR) is 66.5 cm³/mol. The molecule has 1 aliphatic rings. The number of carboxylic acids is 1. The minimum atomic E-state index is -0.813. The van der Waals surface area contributed by atoms with Gasteiger partial charge < -0.3 is 15.0 Å². The highest BCUT2D eigenvalue weighted by atomic mass is 16.4. The first kappa shape index (κ1) is 12.7. The van der Waals surface area contributed by atoms with Crippen LogP contribution in [0.3, 0.4) is 0 Å². The quantitative estimate of drug-likeness (QED) is 0.836. The number of likely N-dealkylation sites (tertiary alicyclic amines) is 1. The third-order valence-electron chi connectivity index (χ3n) is 3.42. The smallest absolute Gasteiger partial charge is 0.308 e. The van der Waals surface area contributed by atoms with Crippen molar-refractivity contribution >= 4 is 11.9 Å². The molecule has 1 saturated heterocycles. The van der Waals surface area contributed by atoms with Crippen LogP contribution >= 0.6 is 0 Å². The summed E-state index contributed by atoms with van der Waals surface area (Å²) in [5.41, 5.74) is 2.44. The van der Waals surface area contributed by atoms with E-state index in [4.69, 9.17) is 5.11 Å². The van der Waals surface area contributed by atoms with Crippen LogP contribution in [-0.2, 0) is 4.79 Å². The van der Waals surface area contributed by atoms with Crippen molar-refractivity contribution in [1.82, 2.24) is 9.88 Å². The average Bonchev–Trinajstić information content (AvgIpc) is 2.67. The number of nitrogens with one attached hydrogen (secondary N) is 1. The average molecular weight is 250 g/mol. The predicted octanol–water partition coefficient (Wildman–Crippen LogP) is 1.57. The summed E-state index contributed by atoms with van der Waals surface area (Å²) in [4.78, 5) is 28.0. The van der Waals surface area contributed by atoms with Crippen molar-refractivity contribution in [3.05, 3.63) is 23.0 Å². The number of aromatic nitrogens is 1. The lowest BCUT2D eigenvalue weighted by Gasteiger charge is -2.30. The van der Waals surface area contributed by atoms with Gasteiger partial charge in [-0.15, -0.1) is 0 Å². The molecule has 0 aromatic carbocycles. The number of nitrogens with zero attached hydrogens (tertiary/aromatic N) is 1. The van der Waals surface area contributed by atoms with Gasteiger partial charge >= 0.3 is 5.97 Å². The molecule has 5 nitrogen and oxygen atoms in total. The van der Waals surface area contributed by atoms with E-state index in [2.05, 4.69) is 4.98 Å². The molecule has 2 N–H and O–H groups in total. The SMILES string of the molecule is Cc1cc(C)c(C(=O)N2CCCC(C(=O)O)C2)[nH]1. The number of H-pyrrole nitrogens is 1. The Kier molecular flexibility index (Phi) is 3.41. The number of aryl methyl sites for hydroxylation is 2. The van der Waals surface area contributed by atoms with Gasteiger partial charge in [0.2, 0.25) is 0 Å². The Morgan fingerprint density at radius 2 is 2.17 bits per heavy atom. The van der Waals surface area contributed by atoms with E-state index in [1.54, 1.807) is 4.90 Å². The molecule has 98 valence electrons. The van der Waals surface area contributed by atoms with E-state index in [0.717, 1.165) is 17.7 Å². The van der Waals surface area contributed by atoms with Crippen molar-refractivity contribution in [2.45, 2.75) is 26.7 Å². The second kappa shape index (κ2) is 4.84. The van der Waals surface area contributed by atoms with Gasteiger partial charge in [-0.05, 0) is 38.3 Å². The van der Waals surface area contributed by atoms with Gasteiger partial charge in [0.1, 0.15) is 5.69 Å². The van der Waals surface area contributed by atoms with Crippen LogP contribution in [0, 0.1) is 19.8 Å². The first-order chi connectivity index (χ1) is 8.49. The first-order valence-electron chi connectivity index (χ1n) is 6.17. The van der Waals surface area contributed by atoms with Crippen molar-refractivity contribution in [2.24, 2.45) is 5.92 Å². The van der Waals surface area contributed by atoms with Crippen molar-refractivity contribution < 1.29 is 14.7 Å². The summed E-state index contributed by atoms with van der Waals surface area (Å²) < 4.78 is 0. The Bertz CT molecular complexity index is 479. The van der Waals surface area contributed by atoms with Crippen LogP contribution in [0.25, 0.3) is 0 Å². The summed E-state index contributed by atoms with van der Waals surface area (Å²) in [7, 11) is 0. The zero-order valence-electron chi connectivity index (χ0n) is 10.7. The molecule has 2 rings (SSSR count). The summed E-state index contributed by atoms with van der Waals surface area (Å²) in [6.07, 6.45) is 1.41. The fraction of sp³-hybridized carbons (Fsp3) is 0.538. The molecule has 1 unspecified atom stereocenters. The molecule has 0 bridgehead atoms. The minimum absolute atomic E-state index is 0.0912. The number of hydrogen-bond acceptors (Lipinski definition) is 2. The van der Waals surface area contributed by atoms with Crippen LogP contribution in [0.2, 0.25) is 0 Å². The van der Waals surface area contributed by atoms with Crippen LogP contribution in [0.5, 0.6) is 0 Å². The third-order valence-corrected chi connectivity index (χ3v) is 3.42. The minimum Gasteiger partial charge on any atom is -0.481 e. The van der Waals surface area contributed by atoms with Crippen molar-refractivity contribution in [1.29, 1.82) is 0 Å². The number of hydrogen-bond donors (Lipinski definition) is 2. The zero-order valence-corrected chi connectivity index (χ0v) is 10.7. The van der Waals surface area contributed by atoms with Gasteiger partial charge in [0.15, 0.2) is 0 Å². The van der Waals surface area contributed by atoms with E-state index in [-0.39, 0.29) is 5.91 Å². The molecule has 1 amide bonds. The maximum absolute atomic E-state index is 12.3. The fourth-order valence-corrected chi connectivity index (χ4v) is 2.47. The van der Waals surface area contributed by atoms with Crippen LogP contribution in [0.1, 0.15) is 34.6 Å². The number of carbonyl (C=O) groups is 2. The molecule has 1 fully saturated rings. The van der Waals surface area contributed by atoms with Gasteiger partial charge in [-0.3, -0.25) is 9.59 Å². The first-order valence-corrected chi connectivity index (χ1v) is 6.17. The largest absolute Gasteiger partial charge is 0.481 e. The van der Waals surface area contributed by atoms with Gasteiger partial charge in [0.05, 0.1) is 5.92 Å². The number of aliphatic carboxylic acids is 1. The Balaban J connectivity index is 2.14. The number of carboxylic acid groups (broad SMARTS) is 1. The summed E-state index contributed by atoms with van der Waals surface area (Å²) in [5, 5.41) is 9.02. The topological polar surface area (TPSA) is 73.4 Å². The fourth-order valence-electron chi connectivity index (χ4n) is 2.47. The molecule has 1 aromatic rings. The maximum Gasteiger partial charge on any atom is 0.308 e. The Morgan fingerprint density at radius 3 is 2.72 bits per heavy atom. The van der Waals surface area contributed by atoms with Gasteiger partial charge in [-0.1, -0.05) is 0 Å². The lowest BCUT2D eigenvalue weighted by atomic mass is 9.98. The van der Waals surface area contributed by atoms with Gasteiger partial charge in [0, 0.05) is 18.8 Å². The third kappa shape index (κ3) is 2.39. The van der Waals surface area contributed by atoms with Crippen LogP contribution in [0.15, 0.2) is 6.07 Å². The van der Waals surface area contributed by atoms with E-state index < -0.39 is 11.9 Å². The van der Waals surface area contributed by atoms with Gasteiger partial charge in [-0.25, -0.2) is 0 Å². The highest BCUT2D eigenvalue weighted by molar-refractivity contribution is 5.94. The van der Waals surface area contributed by atoms with Gasteiger partial charge in [-0.2, -0.15) is 0 Å². The number of piperidine rings is 1. The van der Waals surface area contributed by atoms with Crippen LogP contribution < -0.4 is 0 Å². The highest BCUT2D eigenvalue weighted by Crippen LogP contribution is 2.20. The Morgan fingerprint density at radius 1 is 1.44 bits per heavy atom. The molecule has 5 heteroatoms. The monoisotopic (exact) mass is 250 g/mol. The molecule has 0 aliphatic carbocycles. The summed E-state index contributed by atoms with van der Waals surface area (Å²) >= 11 is 0. The van der Waals surface area contributed by atoms with Gasteiger partial charge in [0.25, 0.3) is 5.91 Å². The molecule has 0 saturated carbocycles. The highest BCUT2D eigenvalue weighted by Gasteiger charge is 2.29. The Labute approximate surface area is 106 Å². The molecule has 1 aromatic heterocycles. The standard InChI is InChI=1S/C13H18N2O3/c1-8-6-9(2)14-11(8)12(16)15-5-3-4-10(7-15)13(17)18/h6,10,14H,3-5,7H2,1-2H3,(H,17,18). The lowest BCUT2D eigenvalue weighted by Crippen LogP contribution is -2.42. The van der Waals surface area contributed by atoms with Crippen LogP contribution in [0.4, 0.5) is 0 Å². The van der Waals surface area contributed by atoms with E-state index in [0.29, 0.717) is 25.2 Å². The summed E-state index contributed by atoms with van der Waals surface area (Å²) in [5.74, 6) is -1.34. The van der Waals surface area contributed by atoms with Crippen molar-refractivity contribution in [3.8, 4) is 0 Å². The molecule has 1 atom stereocenters. The zero-order chi connectivity index (χ0) is 13.3. The number of aromatic amines is 1. The number of amides is 1. The number of carbonyl (C=O) groups excluding carboxylic acids is 1. The van der Waals surface area contributed by atoms with E-state index >= 15 is 0 Å². The van der Waals surface area contributed by atoms with Crippen molar-refractivity contribution in [2.75, 3.05) is 13.1 Å². The molecule has 18 heavy (non-hydrogen) atoms.